The van der Waals surface area contributed by atoms with Crippen LogP contribution in [-0.4, -0.2) is 60.4 Å². The first-order chi connectivity index (χ1) is 18.0. The first kappa shape index (κ1) is 28.9. The number of ether oxygens (including phenoxy) is 1. The summed E-state index contributed by atoms with van der Waals surface area (Å²) in [5.41, 5.74) is 0.523. The Labute approximate surface area is 237 Å². The Morgan fingerprint density at radius 1 is 1.24 bits per heavy atom. The zero-order chi connectivity index (χ0) is 27.6. The zero-order valence-electron chi connectivity index (χ0n) is 22.8. The smallest absolute Gasteiger partial charge is 0.224 e. The highest BCUT2D eigenvalue weighted by Crippen LogP contribution is 2.53. The monoisotopic (exact) mass is 559 g/mol. The molecular weight excluding hydrogens is 519 g/mol. The van der Waals surface area contributed by atoms with Gasteiger partial charge >= 0.3 is 0 Å². The molecule has 2 aromatic rings. The number of piperidine rings is 1. The number of carbonyl (C=O) groups is 1. The molecule has 2 fully saturated rings. The van der Waals surface area contributed by atoms with Gasteiger partial charge in [0.2, 0.25) is 5.91 Å². The molecule has 38 heavy (non-hydrogen) atoms. The molecule has 1 aliphatic heterocycles. The number of methoxy groups -OCH3 is 1. The van der Waals surface area contributed by atoms with E-state index in [9.17, 15) is 9.90 Å². The first-order valence-corrected chi connectivity index (χ1v) is 14.4. The number of quaternary nitrogens is 1. The second-order valence-corrected chi connectivity index (χ2v) is 12.6. The van der Waals surface area contributed by atoms with Crippen molar-refractivity contribution in [2.45, 2.75) is 63.0 Å². The molecule has 4 rings (SSSR count). The van der Waals surface area contributed by atoms with Crippen LogP contribution in [0.1, 0.15) is 50.7 Å². The molecule has 1 unspecified atom stereocenters. The third-order valence-electron chi connectivity index (χ3n) is 8.61. The number of fused-ring (bicyclic) bond motifs is 1. The standard InChI is InChI=1S/C31H40Cl2N2O3/c1-5-14-35(20-22(2)3)15-13-30(24-7-6-8-26(18-24)38-4)19-25(11-12-31(30,37)21-35)34-29(36)17-23-9-10-27(32)28(33)16-23/h5-10,16,18,22,25,37H,1,11-15,17,19-21H2,2-4H3/p+1/t25-,30-,31?,35+/m1/s1. The molecular formula is C31H41Cl2N2O3+. The molecule has 1 saturated heterocycles. The van der Waals surface area contributed by atoms with Crippen molar-refractivity contribution in [3.8, 4) is 5.75 Å². The van der Waals surface area contributed by atoms with Crippen LogP contribution in [0.5, 0.6) is 5.75 Å². The second-order valence-electron chi connectivity index (χ2n) is 11.8. The molecule has 206 valence electrons. The predicted molar refractivity (Wildman–Crippen MR) is 155 cm³/mol. The van der Waals surface area contributed by atoms with Gasteiger partial charge in [0.05, 0.1) is 43.2 Å². The number of halogens is 2. The van der Waals surface area contributed by atoms with Gasteiger partial charge in [0, 0.05) is 23.8 Å². The van der Waals surface area contributed by atoms with Crippen molar-refractivity contribution in [2.24, 2.45) is 5.92 Å². The number of rotatable bonds is 9. The van der Waals surface area contributed by atoms with E-state index in [-0.39, 0.29) is 18.4 Å². The van der Waals surface area contributed by atoms with Gasteiger partial charge in [-0.15, -0.1) is 0 Å². The molecule has 7 heteroatoms. The number of nitrogens with zero attached hydrogens (tertiary/aromatic N) is 1. The largest absolute Gasteiger partial charge is 0.497 e. The molecule has 1 saturated carbocycles. The zero-order valence-corrected chi connectivity index (χ0v) is 24.3. The Morgan fingerprint density at radius 3 is 2.71 bits per heavy atom. The number of amides is 1. The SMILES string of the molecule is C=CC[N@@+]1(CC(C)C)CC[C@]2(c3cccc(OC)c3)C[C@H](NC(=O)Cc3ccc(Cl)c(Cl)c3)CCC2(O)C1. The quantitative estimate of drug-likeness (QED) is 0.295. The van der Waals surface area contributed by atoms with E-state index in [1.165, 1.54) is 0 Å². The summed E-state index contributed by atoms with van der Waals surface area (Å²) >= 11 is 12.2. The average molecular weight is 561 g/mol. The maximum atomic E-state index is 13.1. The lowest BCUT2D eigenvalue weighted by Crippen LogP contribution is -2.73. The summed E-state index contributed by atoms with van der Waals surface area (Å²) in [6.45, 7) is 12.0. The highest BCUT2D eigenvalue weighted by Gasteiger charge is 2.62. The van der Waals surface area contributed by atoms with E-state index in [1.54, 1.807) is 19.2 Å². The Balaban J connectivity index is 1.62. The molecule has 0 bridgehead atoms. The van der Waals surface area contributed by atoms with E-state index in [1.807, 2.05) is 24.3 Å². The van der Waals surface area contributed by atoms with Gasteiger partial charge in [-0.3, -0.25) is 4.79 Å². The Bertz CT molecular complexity index is 1170. The van der Waals surface area contributed by atoms with Gasteiger partial charge < -0.3 is 19.6 Å². The molecule has 4 atom stereocenters. The Kier molecular flexibility index (Phi) is 8.83. The van der Waals surface area contributed by atoms with Gasteiger partial charge in [-0.05, 0) is 60.7 Å². The number of nitrogens with one attached hydrogen (secondary N) is 1. The number of hydrogen-bond donors (Lipinski definition) is 2. The Morgan fingerprint density at radius 2 is 2.03 bits per heavy atom. The van der Waals surface area contributed by atoms with Crippen LogP contribution in [0.15, 0.2) is 55.1 Å². The Hall–Kier alpha value is -2.05. The van der Waals surface area contributed by atoms with Crippen molar-refractivity contribution in [2.75, 3.05) is 33.3 Å². The van der Waals surface area contributed by atoms with Gasteiger partial charge in [-0.2, -0.15) is 0 Å². The lowest BCUT2D eigenvalue weighted by molar-refractivity contribution is -0.938. The molecule has 2 aromatic carbocycles. The molecule has 0 radical (unpaired) electrons. The lowest BCUT2D eigenvalue weighted by atomic mass is 9.54. The summed E-state index contributed by atoms with van der Waals surface area (Å²) in [7, 11) is 1.67. The van der Waals surface area contributed by atoms with Crippen LogP contribution in [-0.2, 0) is 16.6 Å². The summed E-state index contributed by atoms with van der Waals surface area (Å²) in [5.74, 6) is 1.25. The summed E-state index contributed by atoms with van der Waals surface area (Å²) < 4.78 is 6.42. The van der Waals surface area contributed by atoms with Crippen LogP contribution in [0.25, 0.3) is 0 Å². The fraction of sp³-hybridized carbons (Fsp3) is 0.516. The highest BCUT2D eigenvalue weighted by molar-refractivity contribution is 6.42. The third kappa shape index (κ3) is 5.91. The molecule has 1 aliphatic carbocycles. The summed E-state index contributed by atoms with van der Waals surface area (Å²) in [6, 6.07) is 13.4. The number of benzene rings is 2. The molecule has 0 aromatic heterocycles. The van der Waals surface area contributed by atoms with Crippen LogP contribution in [0.3, 0.4) is 0 Å². The lowest BCUT2D eigenvalue weighted by Gasteiger charge is -2.60. The summed E-state index contributed by atoms with van der Waals surface area (Å²) in [4.78, 5) is 13.1. The van der Waals surface area contributed by atoms with E-state index in [0.717, 1.165) is 53.8 Å². The molecule has 1 heterocycles. The molecule has 1 amide bonds. The second kappa shape index (κ2) is 11.6. The maximum Gasteiger partial charge on any atom is 0.224 e. The van der Waals surface area contributed by atoms with Gasteiger partial charge in [0.1, 0.15) is 17.9 Å². The van der Waals surface area contributed by atoms with Crippen molar-refractivity contribution in [1.29, 1.82) is 0 Å². The molecule has 5 nitrogen and oxygen atoms in total. The van der Waals surface area contributed by atoms with Crippen LogP contribution in [0.4, 0.5) is 0 Å². The summed E-state index contributed by atoms with van der Waals surface area (Å²) in [6.07, 6.45) is 5.09. The normalized spacial score (nSPS) is 29.0. The van der Waals surface area contributed by atoms with Gasteiger partial charge in [0.15, 0.2) is 0 Å². The van der Waals surface area contributed by atoms with Crippen molar-refractivity contribution < 1.29 is 19.1 Å². The van der Waals surface area contributed by atoms with Crippen molar-refractivity contribution in [3.63, 3.8) is 0 Å². The van der Waals surface area contributed by atoms with Gasteiger partial charge in [-0.25, -0.2) is 0 Å². The molecule has 2 N–H and O–H groups in total. The number of hydrogen-bond acceptors (Lipinski definition) is 3. The van der Waals surface area contributed by atoms with Crippen LogP contribution >= 0.6 is 23.2 Å². The van der Waals surface area contributed by atoms with Crippen molar-refractivity contribution >= 4 is 29.1 Å². The highest BCUT2D eigenvalue weighted by atomic mass is 35.5. The van der Waals surface area contributed by atoms with Gasteiger partial charge in [0.25, 0.3) is 0 Å². The first-order valence-electron chi connectivity index (χ1n) is 13.6. The minimum Gasteiger partial charge on any atom is -0.497 e. The number of likely N-dealkylation sites (tertiary alicyclic amines) is 1. The molecule has 2 aliphatic rings. The van der Waals surface area contributed by atoms with E-state index in [0.29, 0.717) is 35.3 Å². The fourth-order valence-corrected chi connectivity index (χ4v) is 7.44. The van der Waals surface area contributed by atoms with E-state index in [4.69, 9.17) is 27.9 Å². The van der Waals surface area contributed by atoms with Gasteiger partial charge in [-0.1, -0.05) is 61.8 Å². The fourth-order valence-electron chi connectivity index (χ4n) is 7.12. The third-order valence-corrected chi connectivity index (χ3v) is 9.35. The minimum absolute atomic E-state index is 0.0405. The topological polar surface area (TPSA) is 58.6 Å². The minimum atomic E-state index is -0.902. The van der Waals surface area contributed by atoms with E-state index in [2.05, 4.69) is 37.9 Å². The van der Waals surface area contributed by atoms with E-state index < -0.39 is 11.0 Å². The van der Waals surface area contributed by atoms with Crippen molar-refractivity contribution in [3.05, 3.63) is 76.3 Å². The maximum absolute atomic E-state index is 13.1. The number of carbonyl (C=O) groups excluding carboxylic acids is 1. The molecule has 0 spiro atoms. The van der Waals surface area contributed by atoms with Crippen LogP contribution < -0.4 is 10.1 Å². The number of aliphatic hydroxyl groups is 1. The van der Waals surface area contributed by atoms with Crippen LogP contribution in [0, 0.1) is 5.92 Å². The van der Waals surface area contributed by atoms with Crippen molar-refractivity contribution in [1.82, 2.24) is 5.32 Å². The van der Waals surface area contributed by atoms with E-state index >= 15 is 0 Å². The van der Waals surface area contributed by atoms with Crippen LogP contribution in [0.2, 0.25) is 10.0 Å². The average Bonchev–Trinajstić information content (AvgIpc) is 2.86. The predicted octanol–water partition coefficient (Wildman–Crippen LogP) is 5.94. The summed E-state index contributed by atoms with van der Waals surface area (Å²) in [5, 5.41) is 16.7.